The fraction of sp³-hybridized carbons (Fsp3) is 0.292. The van der Waals surface area contributed by atoms with E-state index in [2.05, 4.69) is 36.2 Å². The Labute approximate surface area is 177 Å². The maximum absolute atomic E-state index is 12.2. The Morgan fingerprint density at radius 2 is 1.59 bits per heavy atom. The van der Waals surface area contributed by atoms with Crippen LogP contribution in [0.5, 0.6) is 0 Å². The first-order valence-electron chi connectivity index (χ1n) is 9.87. The zero-order valence-corrected chi connectivity index (χ0v) is 17.7. The summed E-state index contributed by atoms with van der Waals surface area (Å²) in [6.07, 6.45) is 0. The average molecular weight is 411 g/mol. The van der Waals surface area contributed by atoms with E-state index in [4.69, 9.17) is 16.0 Å². The minimum Gasteiger partial charge on any atom is -0.455 e. The predicted octanol–water partition coefficient (Wildman–Crippen LogP) is 5.52. The lowest BCUT2D eigenvalue weighted by atomic mass is 10.1. The molecule has 0 aliphatic heterocycles. The fourth-order valence-electron chi connectivity index (χ4n) is 3.05. The number of benzene rings is 2. The lowest BCUT2D eigenvalue weighted by molar-refractivity contribution is 0.0916. The van der Waals surface area contributed by atoms with Crippen LogP contribution in [0.15, 0.2) is 71.1 Å². The number of hydrogen-bond acceptors (Lipinski definition) is 3. The van der Waals surface area contributed by atoms with E-state index >= 15 is 0 Å². The molecule has 2 aromatic carbocycles. The second kappa shape index (κ2) is 10.3. The SMILES string of the molecule is CC(C)CNC(=O)c1ccc(CN(Cc2ccccc2)Cc2ccc(Cl)cc2)o1. The van der Waals surface area contributed by atoms with Gasteiger partial charge in [0, 0.05) is 24.7 Å². The molecule has 0 bridgehead atoms. The Morgan fingerprint density at radius 1 is 0.931 bits per heavy atom. The molecule has 0 aliphatic rings. The number of nitrogens with one attached hydrogen (secondary N) is 1. The molecule has 3 rings (SSSR count). The Hall–Kier alpha value is -2.56. The molecule has 1 amide bonds. The summed E-state index contributed by atoms with van der Waals surface area (Å²) < 4.78 is 5.83. The zero-order valence-electron chi connectivity index (χ0n) is 16.9. The summed E-state index contributed by atoms with van der Waals surface area (Å²) in [5.41, 5.74) is 2.40. The van der Waals surface area contributed by atoms with Crippen molar-refractivity contribution in [2.24, 2.45) is 5.92 Å². The van der Waals surface area contributed by atoms with Crippen molar-refractivity contribution >= 4 is 17.5 Å². The molecule has 5 heteroatoms. The summed E-state index contributed by atoms with van der Waals surface area (Å²) in [5.74, 6) is 1.35. The quantitative estimate of drug-likeness (QED) is 0.505. The normalized spacial score (nSPS) is 11.2. The highest BCUT2D eigenvalue weighted by Crippen LogP contribution is 2.18. The minimum atomic E-state index is -0.169. The summed E-state index contributed by atoms with van der Waals surface area (Å²) >= 11 is 6.02. The van der Waals surface area contributed by atoms with Gasteiger partial charge < -0.3 is 9.73 Å². The topological polar surface area (TPSA) is 45.5 Å². The number of rotatable bonds is 9. The lowest BCUT2D eigenvalue weighted by Crippen LogP contribution is -2.27. The summed E-state index contributed by atoms with van der Waals surface area (Å²) in [6, 6.07) is 21.8. The maximum atomic E-state index is 12.2. The lowest BCUT2D eigenvalue weighted by Gasteiger charge is -2.21. The highest BCUT2D eigenvalue weighted by Gasteiger charge is 2.15. The average Bonchev–Trinajstić information content (AvgIpc) is 3.17. The van der Waals surface area contributed by atoms with Crippen LogP contribution in [0.4, 0.5) is 0 Å². The van der Waals surface area contributed by atoms with E-state index in [9.17, 15) is 4.79 Å². The van der Waals surface area contributed by atoms with Gasteiger partial charge in [0.2, 0.25) is 0 Å². The molecule has 0 unspecified atom stereocenters. The van der Waals surface area contributed by atoms with Crippen LogP contribution in [0, 0.1) is 5.92 Å². The van der Waals surface area contributed by atoms with Gasteiger partial charge in [-0.15, -0.1) is 0 Å². The molecule has 0 atom stereocenters. The number of carbonyl (C=O) groups is 1. The molecule has 1 heterocycles. The molecule has 0 saturated carbocycles. The monoisotopic (exact) mass is 410 g/mol. The number of halogens is 1. The first-order valence-corrected chi connectivity index (χ1v) is 10.2. The molecular weight excluding hydrogens is 384 g/mol. The van der Waals surface area contributed by atoms with Crippen molar-refractivity contribution < 1.29 is 9.21 Å². The molecule has 4 nitrogen and oxygen atoms in total. The Bertz CT molecular complexity index is 904. The third kappa shape index (κ3) is 6.77. The molecule has 0 saturated heterocycles. The van der Waals surface area contributed by atoms with Crippen molar-refractivity contribution in [3.05, 3.63) is 94.4 Å². The van der Waals surface area contributed by atoms with E-state index in [0.717, 1.165) is 23.9 Å². The van der Waals surface area contributed by atoms with Gasteiger partial charge in [-0.05, 0) is 41.3 Å². The zero-order chi connectivity index (χ0) is 20.6. The van der Waals surface area contributed by atoms with Crippen LogP contribution in [0.2, 0.25) is 5.02 Å². The van der Waals surface area contributed by atoms with Gasteiger partial charge in [0.25, 0.3) is 5.91 Å². The summed E-state index contributed by atoms with van der Waals surface area (Å²) in [7, 11) is 0. The number of carbonyl (C=O) groups excluding carboxylic acids is 1. The number of furan rings is 1. The number of nitrogens with zero attached hydrogens (tertiary/aromatic N) is 1. The van der Waals surface area contributed by atoms with Crippen LogP contribution >= 0.6 is 11.6 Å². The van der Waals surface area contributed by atoms with Gasteiger partial charge in [-0.1, -0.05) is 67.9 Å². The molecule has 29 heavy (non-hydrogen) atoms. The summed E-state index contributed by atoms with van der Waals surface area (Å²) in [5, 5.41) is 3.62. The van der Waals surface area contributed by atoms with E-state index in [1.54, 1.807) is 6.07 Å². The molecular formula is C24H27ClN2O2. The van der Waals surface area contributed by atoms with E-state index < -0.39 is 0 Å². The molecule has 0 spiro atoms. The third-order valence-electron chi connectivity index (χ3n) is 4.50. The Kier molecular flexibility index (Phi) is 7.50. The smallest absolute Gasteiger partial charge is 0.287 e. The Morgan fingerprint density at radius 3 is 2.24 bits per heavy atom. The van der Waals surface area contributed by atoms with Crippen LogP contribution < -0.4 is 5.32 Å². The molecule has 0 fully saturated rings. The van der Waals surface area contributed by atoms with Gasteiger partial charge in [-0.3, -0.25) is 9.69 Å². The van der Waals surface area contributed by atoms with E-state index in [1.165, 1.54) is 11.1 Å². The van der Waals surface area contributed by atoms with E-state index in [0.29, 0.717) is 24.8 Å². The van der Waals surface area contributed by atoms with Crippen molar-refractivity contribution in [3.63, 3.8) is 0 Å². The van der Waals surface area contributed by atoms with Crippen molar-refractivity contribution in [3.8, 4) is 0 Å². The largest absolute Gasteiger partial charge is 0.455 e. The van der Waals surface area contributed by atoms with Gasteiger partial charge in [0.1, 0.15) is 5.76 Å². The minimum absolute atomic E-state index is 0.169. The van der Waals surface area contributed by atoms with E-state index in [1.807, 2.05) is 48.5 Å². The first kappa shape index (κ1) is 21.2. The van der Waals surface area contributed by atoms with Crippen molar-refractivity contribution in [2.75, 3.05) is 6.54 Å². The second-order valence-electron chi connectivity index (χ2n) is 7.63. The fourth-order valence-corrected chi connectivity index (χ4v) is 3.17. The van der Waals surface area contributed by atoms with Crippen LogP contribution in [0.25, 0.3) is 0 Å². The highest BCUT2D eigenvalue weighted by atomic mass is 35.5. The standard InChI is InChI=1S/C24H27ClN2O2/c1-18(2)14-26-24(28)23-13-12-22(29-23)17-27(15-19-6-4-3-5-7-19)16-20-8-10-21(25)11-9-20/h3-13,18H,14-17H2,1-2H3,(H,26,28). The van der Waals surface area contributed by atoms with Gasteiger partial charge in [-0.2, -0.15) is 0 Å². The molecule has 152 valence electrons. The molecule has 0 radical (unpaired) electrons. The first-order chi connectivity index (χ1) is 14.0. The van der Waals surface area contributed by atoms with Gasteiger partial charge in [-0.25, -0.2) is 0 Å². The van der Waals surface area contributed by atoms with Crippen LogP contribution in [0.1, 0.15) is 41.3 Å². The van der Waals surface area contributed by atoms with Crippen LogP contribution in [-0.2, 0) is 19.6 Å². The van der Waals surface area contributed by atoms with E-state index in [-0.39, 0.29) is 5.91 Å². The molecule has 1 N–H and O–H groups in total. The molecule has 1 aromatic heterocycles. The number of hydrogen-bond donors (Lipinski definition) is 1. The van der Waals surface area contributed by atoms with Crippen molar-refractivity contribution in [1.82, 2.24) is 10.2 Å². The summed E-state index contributed by atoms with van der Waals surface area (Å²) in [4.78, 5) is 14.5. The van der Waals surface area contributed by atoms with Crippen molar-refractivity contribution in [1.29, 1.82) is 0 Å². The predicted molar refractivity (Wildman–Crippen MR) is 117 cm³/mol. The third-order valence-corrected chi connectivity index (χ3v) is 4.76. The summed E-state index contributed by atoms with van der Waals surface area (Å²) in [6.45, 7) is 6.89. The van der Waals surface area contributed by atoms with Gasteiger partial charge >= 0.3 is 0 Å². The maximum Gasteiger partial charge on any atom is 0.287 e. The highest BCUT2D eigenvalue weighted by molar-refractivity contribution is 6.30. The number of amides is 1. The molecule has 3 aromatic rings. The van der Waals surface area contributed by atoms with Crippen molar-refractivity contribution in [2.45, 2.75) is 33.5 Å². The molecule has 0 aliphatic carbocycles. The van der Waals surface area contributed by atoms with Crippen LogP contribution in [-0.4, -0.2) is 17.4 Å². The van der Waals surface area contributed by atoms with Gasteiger partial charge in [0.05, 0.1) is 6.54 Å². The van der Waals surface area contributed by atoms with Gasteiger partial charge in [0.15, 0.2) is 5.76 Å². The Balaban J connectivity index is 1.70. The van der Waals surface area contributed by atoms with Crippen LogP contribution in [0.3, 0.4) is 0 Å². The second-order valence-corrected chi connectivity index (χ2v) is 8.06.